The van der Waals surface area contributed by atoms with E-state index in [-0.39, 0.29) is 11.9 Å². The summed E-state index contributed by atoms with van der Waals surface area (Å²) in [5, 5.41) is 3.12. The van der Waals surface area contributed by atoms with Crippen molar-refractivity contribution in [3.05, 3.63) is 64.6 Å². The number of carbonyl (C=O) groups excluding carboxylic acids is 1. The maximum atomic E-state index is 12.5. The van der Waals surface area contributed by atoms with Crippen LogP contribution in [0.1, 0.15) is 38.8 Å². The van der Waals surface area contributed by atoms with Crippen LogP contribution < -0.4 is 10.1 Å². The maximum Gasteiger partial charge on any atom is 0.261 e. The molecule has 0 aromatic heterocycles. The van der Waals surface area contributed by atoms with E-state index in [2.05, 4.69) is 35.1 Å². The molecule has 2 rings (SSSR count). The van der Waals surface area contributed by atoms with Gasteiger partial charge in [-0.2, -0.15) is 0 Å². The Kier molecular flexibility index (Phi) is 6.85. The van der Waals surface area contributed by atoms with Gasteiger partial charge in [-0.25, -0.2) is 0 Å². The molecular formula is C20H24BrNO2. The lowest BCUT2D eigenvalue weighted by Crippen LogP contribution is -2.39. The van der Waals surface area contributed by atoms with Gasteiger partial charge in [0.25, 0.3) is 5.91 Å². The number of ether oxygens (including phenoxy) is 1. The van der Waals surface area contributed by atoms with Crippen molar-refractivity contribution in [2.45, 2.75) is 39.3 Å². The monoisotopic (exact) mass is 389 g/mol. The molecule has 0 heterocycles. The Morgan fingerprint density at radius 3 is 2.25 bits per heavy atom. The summed E-state index contributed by atoms with van der Waals surface area (Å²) in [6.45, 7) is 6.09. The van der Waals surface area contributed by atoms with E-state index in [1.54, 1.807) is 6.92 Å². The standard InChI is InChI=1S/C20H24BrNO2/c1-14(2)13-19(16-7-5-4-6-8-16)22-20(23)15(3)24-18-11-9-17(21)10-12-18/h4-12,14-15,19H,13H2,1-3H3,(H,22,23)/t15-,19-/m1/s1. The molecule has 0 saturated carbocycles. The molecule has 0 aliphatic heterocycles. The summed E-state index contributed by atoms with van der Waals surface area (Å²) in [4.78, 5) is 12.5. The molecule has 128 valence electrons. The van der Waals surface area contributed by atoms with Crippen molar-refractivity contribution in [2.75, 3.05) is 0 Å². The Morgan fingerprint density at radius 1 is 1.04 bits per heavy atom. The smallest absolute Gasteiger partial charge is 0.261 e. The number of halogens is 1. The highest BCUT2D eigenvalue weighted by molar-refractivity contribution is 9.10. The first-order chi connectivity index (χ1) is 11.5. The van der Waals surface area contributed by atoms with Crippen molar-refractivity contribution in [2.24, 2.45) is 5.92 Å². The highest BCUT2D eigenvalue weighted by Gasteiger charge is 2.21. The molecule has 2 atom stereocenters. The minimum atomic E-state index is -0.551. The van der Waals surface area contributed by atoms with Gasteiger partial charge in [0.05, 0.1) is 6.04 Å². The summed E-state index contributed by atoms with van der Waals surface area (Å²) >= 11 is 3.39. The highest BCUT2D eigenvalue weighted by atomic mass is 79.9. The van der Waals surface area contributed by atoms with Crippen LogP contribution in [0.15, 0.2) is 59.1 Å². The molecule has 0 saturated heterocycles. The van der Waals surface area contributed by atoms with Crippen molar-refractivity contribution in [3.8, 4) is 5.75 Å². The fraction of sp³-hybridized carbons (Fsp3) is 0.350. The molecule has 24 heavy (non-hydrogen) atoms. The number of rotatable bonds is 7. The Balaban J connectivity index is 2.02. The Hall–Kier alpha value is -1.81. The molecule has 0 spiro atoms. The van der Waals surface area contributed by atoms with Gasteiger partial charge in [-0.1, -0.05) is 60.1 Å². The van der Waals surface area contributed by atoms with Gasteiger partial charge in [-0.05, 0) is 49.1 Å². The molecule has 1 amide bonds. The van der Waals surface area contributed by atoms with Crippen LogP contribution in [0.2, 0.25) is 0 Å². The number of nitrogens with one attached hydrogen (secondary N) is 1. The van der Waals surface area contributed by atoms with Crippen molar-refractivity contribution < 1.29 is 9.53 Å². The molecule has 0 bridgehead atoms. The summed E-state index contributed by atoms with van der Waals surface area (Å²) in [7, 11) is 0. The van der Waals surface area contributed by atoms with E-state index in [4.69, 9.17) is 4.74 Å². The molecular weight excluding hydrogens is 366 g/mol. The fourth-order valence-corrected chi connectivity index (χ4v) is 2.76. The SMILES string of the molecule is CC(C)C[C@@H](NC(=O)[C@@H](C)Oc1ccc(Br)cc1)c1ccccc1. The second-order valence-electron chi connectivity index (χ2n) is 6.32. The van der Waals surface area contributed by atoms with E-state index >= 15 is 0 Å². The van der Waals surface area contributed by atoms with Gasteiger partial charge in [0.2, 0.25) is 0 Å². The predicted molar refractivity (Wildman–Crippen MR) is 101 cm³/mol. The van der Waals surface area contributed by atoms with Crippen molar-refractivity contribution in [3.63, 3.8) is 0 Å². The van der Waals surface area contributed by atoms with E-state index in [0.29, 0.717) is 11.7 Å². The van der Waals surface area contributed by atoms with Gasteiger partial charge >= 0.3 is 0 Å². The zero-order chi connectivity index (χ0) is 17.5. The van der Waals surface area contributed by atoms with Gasteiger partial charge < -0.3 is 10.1 Å². The molecule has 4 heteroatoms. The summed E-state index contributed by atoms with van der Waals surface area (Å²) in [5.41, 5.74) is 1.12. The molecule has 0 radical (unpaired) electrons. The lowest BCUT2D eigenvalue weighted by molar-refractivity contribution is -0.128. The summed E-state index contributed by atoms with van der Waals surface area (Å²) in [5.74, 6) is 1.06. The molecule has 0 fully saturated rings. The third-order valence-corrected chi connectivity index (χ3v) is 4.25. The third-order valence-electron chi connectivity index (χ3n) is 3.72. The summed E-state index contributed by atoms with van der Waals surface area (Å²) in [6.07, 6.45) is 0.338. The largest absolute Gasteiger partial charge is 0.481 e. The maximum absolute atomic E-state index is 12.5. The van der Waals surface area contributed by atoms with Crippen LogP contribution in [-0.2, 0) is 4.79 Å². The Labute approximate surface area is 152 Å². The lowest BCUT2D eigenvalue weighted by Gasteiger charge is -2.23. The van der Waals surface area contributed by atoms with Gasteiger partial charge in [0, 0.05) is 4.47 Å². The number of hydrogen-bond acceptors (Lipinski definition) is 2. The number of amides is 1. The van der Waals surface area contributed by atoms with Gasteiger partial charge in [-0.3, -0.25) is 4.79 Å². The first-order valence-electron chi connectivity index (χ1n) is 8.23. The quantitative estimate of drug-likeness (QED) is 0.713. The molecule has 0 unspecified atom stereocenters. The van der Waals surface area contributed by atoms with Crippen LogP contribution in [0.3, 0.4) is 0 Å². The fourth-order valence-electron chi connectivity index (χ4n) is 2.49. The van der Waals surface area contributed by atoms with Gasteiger partial charge in [0.15, 0.2) is 6.10 Å². The zero-order valence-corrected chi connectivity index (χ0v) is 15.9. The minimum absolute atomic E-state index is 0.00494. The van der Waals surface area contributed by atoms with Crippen LogP contribution in [-0.4, -0.2) is 12.0 Å². The van der Waals surface area contributed by atoms with E-state index in [1.807, 2.05) is 54.6 Å². The average Bonchev–Trinajstić information content (AvgIpc) is 2.56. The van der Waals surface area contributed by atoms with Crippen LogP contribution in [0.25, 0.3) is 0 Å². The lowest BCUT2D eigenvalue weighted by atomic mass is 9.97. The topological polar surface area (TPSA) is 38.3 Å². The van der Waals surface area contributed by atoms with E-state index in [0.717, 1.165) is 16.5 Å². The first kappa shape index (κ1) is 18.5. The van der Waals surface area contributed by atoms with Gasteiger partial charge in [0.1, 0.15) is 5.75 Å². The molecule has 2 aromatic carbocycles. The predicted octanol–water partition coefficient (Wildman–Crippen LogP) is 5.12. The number of benzene rings is 2. The van der Waals surface area contributed by atoms with Crippen LogP contribution >= 0.6 is 15.9 Å². The van der Waals surface area contributed by atoms with Gasteiger partial charge in [-0.15, -0.1) is 0 Å². The Bertz CT molecular complexity index is 640. The van der Waals surface area contributed by atoms with Crippen LogP contribution in [0, 0.1) is 5.92 Å². The first-order valence-corrected chi connectivity index (χ1v) is 9.02. The highest BCUT2D eigenvalue weighted by Crippen LogP contribution is 2.22. The molecule has 0 aliphatic rings. The summed E-state index contributed by atoms with van der Waals surface area (Å²) in [6, 6.07) is 17.5. The summed E-state index contributed by atoms with van der Waals surface area (Å²) < 4.78 is 6.72. The third kappa shape index (κ3) is 5.68. The molecule has 3 nitrogen and oxygen atoms in total. The molecule has 0 aliphatic carbocycles. The van der Waals surface area contributed by atoms with E-state index < -0.39 is 6.10 Å². The zero-order valence-electron chi connectivity index (χ0n) is 14.3. The van der Waals surface area contributed by atoms with Crippen LogP contribution in [0.5, 0.6) is 5.75 Å². The number of carbonyl (C=O) groups is 1. The molecule has 1 N–H and O–H groups in total. The minimum Gasteiger partial charge on any atom is -0.481 e. The average molecular weight is 390 g/mol. The van der Waals surface area contributed by atoms with Crippen molar-refractivity contribution in [1.29, 1.82) is 0 Å². The van der Waals surface area contributed by atoms with E-state index in [9.17, 15) is 4.79 Å². The van der Waals surface area contributed by atoms with Crippen molar-refractivity contribution >= 4 is 21.8 Å². The number of hydrogen-bond donors (Lipinski definition) is 1. The second-order valence-corrected chi connectivity index (χ2v) is 7.23. The molecule has 2 aromatic rings. The van der Waals surface area contributed by atoms with E-state index in [1.165, 1.54) is 0 Å². The van der Waals surface area contributed by atoms with Crippen molar-refractivity contribution in [1.82, 2.24) is 5.32 Å². The second kappa shape index (κ2) is 8.88. The van der Waals surface area contributed by atoms with Crippen LogP contribution in [0.4, 0.5) is 0 Å². The normalized spacial score (nSPS) is 13.4. The Morgan fingerprint density at radius 2 is 1.67 bits per heavy atom.